The monoisotopic (exact) mass is 208 g/mol. The number of carbonyl (C=O) groups is 1. The van der Waals surface area contributed by atoms with Crippen molar-refractivity contribution < 1.29 is 9.90 Å². The van der Waals surface area contributed by atoms with Crippen LogP contribution in [0.15, 0.2) is 0 Å². The maximum Gasteiger partial charge on any atom is 0.407 e. The molecule has 1 amide bonds. The van der Waals surface area contributed by atoms with E-state index in [-0.39, 0.29) is 17.4 Å². The molecule has 0 spiro atoms. The van der Waals surface area contributed by atoms with Crippen LogP contribution in [0.2, 0.25) is 0 Å². The van der Waals surface area contributed by atoms with Gasteiger partial charge < -0.3 is 10.0 Å². The summed E-state index contributed by atoms with van der Waals surface area (Å²) in [6.07, 6.45) is -0.0216. The van der Waals surface area contributed by atoms with E-state index in [4.69, 9.17) is 5.11 Å². The first-order valence-corrected chi connectivity index (χ1v) is 5.24. The molecule has 1 N–H and O–H groups in total. The maximum atomic E-state index is 11.1. The summed E-state index contributed by atoms with van der Waals surface area (Å²) in [5, 5.41) is 18.3. The zero-order valence-corrected chi connectivity index (χ0v) is 9.32. The Balaban J connectivity index is 2.36. The standard InChI is InChI=1S/C11H16N2O2/c1-10(2,3)8-11(6-12)4-7(11)5-13(8)9(14)15/h7-8H,4-5H2,1-3H3,(H,14,15). The third-order valence-electron chi connectivity index (χ3n) is 3.64. The molecule has 3 atom stereocenters. The van der Waals surface area contributed by atoms with E-state index in [2.05, 4.69) is 6.07 Å². The third kappa shape index (κ3) is 1.22. The molecule has 0 bridgehead atoms. The van der Waals surface area contributed by atoms with Crippen LogP contribution in [0.3, 0.4) is 0 Å². The molecule has 1 aliphatic carbocycles. The smallest absolute Gasteiger partial charge is 0.407 e. The van der Waals surface area contributed by atoms with Crippen molar-refractivity contribution >= 4 is 6.09 Å². The number of hydrogen-bond donors (Lipinski definition) is 1. The minimum Gasteiger partial charge on any atom is -0.465 e. The Morgan fingerprint density at radius 1 is 1.60 bits per heavy atom. The fraction of sp³-hybridized carbons (Fsp3) is 0.818. The molecular weight excluding hydrogens is 192 g/mol. The highest BCUT2D eigenvalue weighted by Gasteiger charge is 2.70. The van der Waals surface area contributed by atoms with Crippen LogP contribution in [0.5, 0.6) is 0 Å². The Morgan fingerprint density at radius 3 is 2.60 bits per heavy atom. The van der Waals surface area contributed by atoms with Crippen molar-refractivity contribution in [2.75, 3.05) is 6.54 Å². The zero-order chi connectivity index (χ0) is 11.4. The molecule has 0 aromatic carbocycles. The number of amides is 1. The van der Waals surface area contributed by atoms with E-state index in [1.165, 1.54) is 4.90 Å². The third-order valence-corrected chi connectivity index (χ3v) is 3.64. The van der Waals surface area contributed by atoms with Gasteiger partial charge in [-0.1, -0.05) is 20.8 Å². The Bertz CT molecular complexity index is 353. The van der Waals surface area contributed by atoms with E-state index in [0.717, 1.165) is 6.42 Å². The predicted molar refractivity (Wildman–Crippen MR) is 54.1 cm³/mol. The van der Waals surface area contributed by atoms with Gasteiger partial charge >= 0.3 is 6.09 Å². The molecule has 1 aliphatic heterocycles. The molecule has 2 aliphatic rings. The number of fused-ring (bicyclic) bond motifs is 1. The van der Waals surface area contributed by atoms with Gasteiger partial charge in [-0.05, 0) is 17.8 Å². The van der Waals surface area contributed by atoms with Crippen LogP contribution in [0, 0.1) is 28.1 Å². The van der Waals surface area contributed by atoms with Gasteiger partial charge in [0.15, 0.2) is 0 Å². The van der Waals surface area contributed by atoms with Crippen molar-refractivity contribution in [3.63, 3.8) is 0 Å². The van der Waals surface area contributed by atoms with Crippen LogP contribution in [0.25, 0.3) is 0 Å². The SMILES string of the molecule is CC(C)(C)C1N(C(=O)O)CC2CC21C#N. The maximum absolute atomic E-state index is 11.1. The first-order valence-electron chi connectivity index (χ1n) is 5.24. The molecule has 0 radical (unpaired) electrons. The number of nitriles is 1. The average Bonchev–Trinajstić information content (AvgIpc) is 2.69. The molecule has 1 saturated carbocycles. The van der Waals surface area contributed by atoms with Gasteiger partial charge in [0.05, 0.1) is 17.5 Å². The van der Waals surface area contributed by atoms with Crippen LogP contribution in [-0.4, -0.2) is 28.7 Å². The molecule has 1 heterocycles. The fourth-order valence-corrected chi connectivity index (χ4v) is 3.16. The van der Waals surface area contributed by atoms with E-state index >= 15 is 0 Å². The first kappa shape index (κ1) is 10.3. The summed E-state index contributed by atoms with van der Waals surface area (Å²) in [5.74, 6) is 0.267. The molecule has 4 heteroatoms. The lowest BCUT2D eigenvalue weighted by atomic mass is 9.77. The second-order valence-electron chi connectivity index (χ2n) is 5.76. The normalized spacial score (nSPS) is 38.4. The molecule has 0 aromatic heterocycles. The molecule has 4 nitrogen and oxygen atoms in total. The molecule has 2 fully saturated rings. The quantitative estimate of drug-likeness (QED) is 0.661. The lowest BCUT2D eigenvalue weighted by molar-refractivity contribution is 0.0820. The largest absolute Gasteiger partial charge is 0.465 e. The lowest BCUT2D eigenvalue weighted by Crippen LogP contribution is -2.48. The van der Waals surface area contributed by atoms with E-state index in [9.17, 15) is 10.1 Å². The molecule has 0 aromatic rings. The lowest BCUT2D eigenvalue weighted by Gasteiger charge is -2.37. The van der Waals surface area contributed by atoms with E-state index in [0.29, 0.717) is 6.54 Å². The summed E-state index contributed by atoms with van der Waals surface area (Å²) in [4.78, 5) is 12.6. The van der Waals surface area contributed by atoms with E-state index in [1.54, 1.807) is 0 Å². The van der Waals surface area contributed by atoms with E-state index < -0.39 is 11.5 Å². The Kier molecular flexibility index (Phi) is 1.82. The summed E-state index contributed by atoms with van der Waals surface area (Å²) in [6, 6.07) is 2.20. The highest BCUT2D eigenvalue weighted by molar-refractivity contribution is 5.67. The number of carboxylic acid groups (broad SMARTS) is 1. The van der Waals surface area contributed by atoms with Crippen molar-refractivity contribution in [2.45, 2.75) is 33.2 Å². The van der Waals surface area contributed by atoms with Crippen LogP contribution >= 0.6 is 0 Å². The van der Waals surface area contributed by atoms with Crippen molar-refractivity contribution in [1.82, 2.24) is 4.90 Å². The van der Waals surface area contributed by atoms with Gasteiger partial charge in [0, 0.05) is 6.54 Å². The summed E-state index contributed by atoms with van der Waals surface area (Å²) in [6.45, 7) is 6.55. The van der Waals surface area contributed by atoms with Crippen LogP contribution in [-0.2, 0) is 0 Å². The van der Waals surface area contributed by atoms with Crippen LogP contribution in [0.4, 0.5) is 4.79 Å². The minimum atomic E-state index is -0.892. The van der Waals surface area contributed by atoms with Gasteiger partial charge in [0.25, 0.3) is 0 Å². The highest BCUT2D eigenvalue weighted by atomic mass is 16.4. The number of piperidine rings is 1. The summed E-state index contributed by atoms with van der Waals surface area (Å²) in [7, 11) is 0. The van der Waals surface area contributed by atoms with Crippen molar-refractivity contribution in [3.8, 4) is 6.07 Å². The number of nitrogens with zero attached hydrogens (tertiary/aromatic N) is 2. The second-order valence-corrected chi connectivity index (χ2v) is 5.76. The molecule has 2 rings (SSSR count). The molecular formula is C11H16N2O2. The zero-order valence-electron chi connectivity index (χ0n) is 9.32. The Morgan fingerprint density at radius 2 is 2.20 bits per heavy atom. The summed E-state index contributed by atoms with van der Waals surface area (Å²) in [5.41, 5.74) is -0.560. The van der Waals surface area contributed by atoms with E-state index in [1.807, 2.05) is 20.8 Å². The molecule has 1 saturated heterocycles. The predicted octanol–water partition coefficient (Wildman–Crippen LogP) is 1.92. The Hall–Kier alpha value is -1.24. The van der Waals surface area contributed by atoms with Gasteiger partial charge in [0.1, 0.15) is 0 Å². The van der Waals surface area contributed by atoms with Crippen LogP contribution in [0.1, 0.15) is 27.2 Å². The van der Waals surface area contributed by atoms with Gasteiger partial charge in [-0.3, -0.25) is 0 Å². The van der Waals surface area contributed by atoms with Crippen LogP contribution < -0.4 is 0 Å². The summed E-state index contributed by atoms with van der Waals surface area (Å²) >= 11 is 0. The first-order chi connectivity index (χ1) is 6.83. The van der Waals surface area contributed by atoms with Gasteiger partial charge in [-0.2, -0.15) is 5.26 Å². The highest BCUT2D eigenvalue weighted by Crippen LogP contribution is 2.64. The average molecular weight is 208 g/mol. The molecule has 15 heavy (non-hydrogen) atoms. The van der Waals surface area contributed by atoms with Crippen molar-refractivity contribution in [3.05, 3.63) is 0 Å². The Labute approximate surface area is 89.5 Å². The fourth-order valence-electron chi connectivity index (χ4n) is 3.16. The molecule has 82 valence electrons. The van der Waals surface area contributed by atoms with Gasteiger partial charge in [-0.25, -0.2) is 4.79 Å². The van der Waals surface area contributed by atoms with Gasteiger partial charge in [-0.15, -0.1) is 0 Å². The molecule has 3 unspecified atom stereocenters. The number of likely N-dealkylation sites (tertiary alicyclic amines) is 1. The van der Waals surface area contributed by atoms with Crippen molar-refractivity contribution in [2.24, 2.45) is 16.7 Å². The summed E-state index contributed by atoms with van der Waals surface area (Å²) < 4.78 is 0. The van der Waals surface area contributed by atoms with Gasteiger partial charge in [0.2, 0.25) is 0 Å². The second kappa shape index (κ2) is 2.66. The topological polar surface area (TPSA) is 64.3 Å². The minimum absolute atomic E-state index is 0.155. The number of hydrogen-bond acceptors (Lipinski definition) is 2. The van der Waals surface area contributed by atoms with Crippen molar-refractivity contribution in [1.29, 1.82) is 5.26 Å². The number of rotatable bonds is 0.